The van der Waals surface area contributed by atoms with Crippen molar-refractivity contribution in [1.29, 1.82) is 0 Å². The monoisotopic (exact) mass is 261 g/mol. The van der Waals surface area contributed by atoms with E-state index in [-0.39, 0.29) is 6.54 Å². The summed E-state index contributed by atoms with van der Waals surface area (Å²) in [6.45, 7) is 3.36. The van der Waals surface area contributed by atoms with Gasteiger partial charge >= 0.3 is 6.18 Å². The van der Waals surface area contributed by atoms with E-state index in [2.05, 4.69) is 10.3 Å². The number of hydrogen-bond acceptors (Lipinski definition) is 3. The molecule has 0 radical (unpaired) electrons. The Balaban J connectivity index is 2.69. The van der Waals surface area contributed by atoms with Gasteiger partial charge in [0, 0.05) is 26.3 Å². The summed E-state index contributed by atoms with van der Waals surface area (Å²) in [6.07, 6.45) is -1.70. The highest BCUT2D eigenvalue weighted by atomic mass is 19.4. The quantitative estimate of drug-likeness (QED) is 0.853. The minimum Gasteiger partial charge on any atom is -0.373 e. The van der Waals surface area contributed by atoms with Gasteiger partial charge in [-0.3, -0.25) is 4.98 Å². The number of pyridine rings is 1. The van der Waals surface area contributed by atoms with Crippen molar-refractivity contribution in [2.75, 3.05) is 25.0 Å². The third-order valence-corrected chi connectivity index (χ3v) is 2.59. The first-order valence-corrected chi connectivity index (χ1v) is 5.85. The second-order valence-corrected chi connectivity index (χ2v) is 4.07. The Morgan fingerprint density at radius 2 is 2.11 bits per heavy atom. The van der Waals surface area contributed by atoms with Gasteiger partial charge in [-0.2, -0.15) is 13.2 Å². The molecule has 0 atom stereocenters. The summed E-state index contributed by atoms with van der Waals surface area (Å²) in [6, 6.07) is 1.82. The van der Waals surface area contributed by atoms with Crippen molar-refractivity contribution >= 4 is 5.69 Å². The van der Waals surface area contributed by atoms with E-state index in [4.69, 9.17) is 0 Å². The highest BCUT2D eigenvalue weighted by Crippen LogP contribution is 2.23. The smallest absolute Gasteiger partial charge is 0.373 e. The fraction of sp³-hybridized carbons (Fsp3) is 0.583. The average Bonchev–Trinajstić information content (AvgIpc) is 2.33. The molecule has 1 aromatic rings. The fourth-order valence-electron chi connectivity index (χ4n) is 1.58. The van der Waals surface area contributed by atoms with E-state index in [1.54, 1.807) is 24.3 Å². The molecule has 1 heterocycles. The van der Waals surface area contributed by atoms with Crippen molar-refractivity contribution in [2.24, 2.45) is 0 Å². The zero-order valence-corrected chi connectivity index (χ0v) is 10.6. The molecule has 0 aliphatic carbocycles. The molecule has 0 unspecified atom stereocenters. The molecular weight excluding hydrogens is 243 g/mol. The van der Waals surface area contributed by atoms with Gasteiger partial charge in [-0.15, -0.1) is 0 Å². The van der Waals surface area contributed by atoms with Crippen LogP contribution in [0.3, 0.4) is 0 Å². The van der Waals surface area contributed by atoms with Crippen molar-refractivity contribution in [1.82, 2.24) is 10.3 Å². The first-order valence-electron chi connectivity index (χ1n) is 5.85. The molecule has 1 aromatic heterocycles. The standard InChI is InChI=1S/C12H18F3N3/c1-3-16-8-10-4-6-17-9-11(10)18(2)7-5-12(13,14)15/h4,6,9,16H,3,5,7-8H2,1-2H3. The third kappa shape index (κ3) is 4.91. The predicted octanol–water partition coefficient (Wildman–Crippen LogP) is 2.58. The lowest BCUT2D eigenvalue weighted by molar-refractivity contribution is -0.132. The van der Waals surface area contributed by atoms with Gasteiger partial charge in [0.05, 0.1) is 18.3 Å². The zero-order chi connectivity index (χ0) is 13.6. The Labute approximate surface area is 105 Å². The zero-order valence-electron chi connectivity index (χ0n) is 10.6. The van der Waals surface area contributed by atoms with Gasteiger partial charge in [-0.25, -0.2) is 0 Å². The van der Waals surface area contributed by atoms with Crippen molar-refractivity contribution in [3.05, 3.63) is 24.0 Å². The maximum Gasteiger partial charge on any atom is 0.390 e. The molecule has 0 bridgehead atoms. The van der Waals surface area contributed by atoms with Crippen molar-refractivity contribution < 1.29 is 13.2 Å². The summed E-state index contributed by atoms with van der Waals surface area (Å²) < 4.78 is 36.5. The molecule has 3 nitrogen and oxygen atoms in total. The molecule has 1 rings (SSSR count). The van der Waals surface area contributed by atoms with Gasteiger partial charge in [-0.1, -0.05) is 6.92 Å². The molecule has 0 saturated carbocycles. The summed E-state index contributed by atoms with van der Waals surface area (Å²) in [4.78, 5) is 5.56. The Bertz CT molecular complexity index is 366. The summed E-state index contributed by atoms with van der Waals surface area (Å²) in [5.41, 5.74) is 1.69. The number of nitrogens with one attached hydrogen (secondary N) is 1. The van der Waals surface area contributed by atoms with E-state index in [0.29, 0.717) is 6.54 Å². The Hall–Kier alpha value is -1.30. The summed E-state index contributed by atoms with van der Waals surface area (Å²) in [7, 11) is 1.65. The van der Waals surface area contributed by atoms with Gasteiger partial charge in [0.25, 0.3) is 0 Å². The molecule has 0 aliphatic heterocycles. The lowest BCUT2D eigenvalue weighted by atomic mass is 10.2. The van der Waals surface area contributed by atoms with Crippen LogP contribution >= 0.6 is 0 Å². The van der Waals surface area contributed by atoms with Crippen molar-refractivity contribution in [3.8, 4) is 0 Å². The van der Waals surface area contributed by atoms with E-state index in [9.17, 15) is 13.2 Å². The van der Waals surface area contributed by atoms with Gasteiger partial charge in [-0.05, 0) is 18.2 Å². The van der Waals surface area contributed by atoms with Crippen LogP contribution < -0.4 is 10.2 Å². The van der Waals surface area contributed by atoms with Crippen LogP contribution in [0.1, 0.15) is 18.9 Å². The SMILES string of the molecule is CCNCc1ccncc1N(C)CCC(F)(F)F. The number of alkyl halides is 3. The molecule has 1 N–H and O–H groups in total. The molecule has 0 fully saturated rings. The van der Waals surface area contributed by atoms with E-state index in [0.717, 1.165) is 17.8 Å². The minimum absolute atomic E-state index is 0.0612. The Morgan fingerprint density at radius 3 is 2.72 bits per heavy atom. The second-order valence-electron chi connectivity index (χ2n) is 4.07. The Kier molecular flexibility index (Phi) is 5.40. The van der Waals surface area contributed by atoms with Crippen molar-refractivity contribution in [2.45, 2.75) is 26.1 Å². The number of anilines is 1. The molecule has 6 heteroatoms. The number of rotatable bonds is 6. The van der Waals surface area contributed by atoms with Crippen LogP contribution in [-0.4, -0.2) is 31.3 Å². The highest BCUT2D eigenvalue weighted by molar-refractivity contribution is 5.50. The maximum atomic E-state index is 12.2. The molecule has 0 aromatic carbocycles. The van der Waals surface area contributed by atoms with Gasteiger partial charge in [0.15, 0.2) is 0 Å². The van der Waals surface area contributed by atoms with Crippen LogP contribution in [0.5, 0.6) is 0 Å². The summed E-state index contributed by atoms with van der Waals surface area (Å²) >= 11 is 0. The van der Waals surface area contributed by atoms with E-state index >= 15 is 0 Å². The van der Waals surface area contributed by atoms with E-state index in [1.165, 1.54) is 0 Å². The molecule has 0 spiro atoms. The molecule has 0 saturated heterocycles. The predicted molar refractivity (Wildman–Crippen MR) is 65.6 cm³/mol. The fourth-order valence-corrected chi connectivity index (χ4v) is 1.58. The molecule has 102 valence electrons. The van der Waals surface area contributed by atoms with Crippen LogP contribution in [0.4, 0.5) is 18.9 Å². The number of nitrogens with zero attached hydrogens (tertiary/aromatic N) is 2. The number of hydrogen-bond donors (Lipinski definition) is 1. The minimum atomic E-state index is -4.13. The molecule has 0 amide bonds. The average molecular weight is 261 g/mol. The van der Waals surface area contributed by atoms with Crippen LogP contribution in [0.25, 0.3) is 0 Å². The largest absolute Gasteiger partial charge is 0.390 e. The lowest BCUT2D eigenvalue weighted by Gasteiger charge is -2.22. The second kappa shape index (κ2) is 6.58. The molecule has 18 heavy (non-hydrogen) atoms. The van der Waals surface area contributed by atoms with E-state index < -0.39 is 12.6 Å². The van der Waals surface area contributed by atoms with E-state index in [1.807, 2.05) is 13.0 Å². The first kappa shape index (κ1) is 14.8. The Morgan fingerprint density at radius 1 is 1.39 bits per heavy atom. The van der Waals surface area contributed by atoms with Crippen LogP contribution in [0, 0.1) is 0 Å². The summed E-state index contributed by atoms with van der Waals surface area (Å²) in [5.74, 6) is 0. The van der Waals surface area contributed by atoms with Crippen LogP contribution in [0.2, 0.25) is 0 Å². The highest BCUT2D eigenvalue weighted by Gasteiger charge is 2.27. The van der Waals surface area contributed by atoms with Gasteiger partial charge in [0.1, 0.15) is 0 Å². The summed E-state index contributed by atoms with van der Waals surface area (Å²) in [5, 5.41) is 3.16. The van der Waals surface area contributed by atoms with Gasteiger partial charge < -0.3 is 10.2 Å². The lowest BCUT2D eigenvalue weighted by Crippen LogP contribution is -2.26. The van der Waals surface area contributed by atoms with Gasteiger partial charge in [0.2, 0.25) is 0 Å². The van der Waals surface area contributed by atoms with Crippen LogP contribution in [0.15, 0.2) is 18.5 Å². The normalized spacial score (nSPS) is 11.6. The first-order chi connectivity index (χ1) is 8.44. The number of aromatic nitrogens is 1. The van der Waals surface area contributed by atoms with Crippen LogP contribution in [-0.2, 0) is 6.54 Å². The topological polar surface area (TPSA) is 28.2 Å². The number of halogens is 3. The maximum absolute atomic E-state index is 12.2. The molecule has 0 aliphatic rings. The molecular formula is C12H18F3N3. The third-order valence-electron chi connectivity index (χ3n) is 2.59. The van der Waals surface area contributed by atoms with Crippen molar-refractivity contribution in [3.63, 3.8) is 0 Å².